The highest BCUT2D eigenvalue weighted by molar-refractivity contribution is 7.09. The topological polar surface area (TPSA) is 22.1 Å². The molecule has 1 aromatic rings. The minimum Gasteiger partial charge on any atom is -0.374 e. The monoisotopic (exact) mass is 213 g/mol. The highest BCUT2D eigenvalue weighted by Crippen LogP contribution is 2.36. The Kier molecular flexibility index (Phi) is 3.67. The molecule has 0 bridgehead atoms. The van der Waals surface area contributed by atoms with Crippen LogP contribution in [0.1, 0.15) is 44.5 Å². The van der Waals surface area contributed by atoms with Gasteiger partial charge in [0, 0.05) is 12.5 Å². The maximum absolute atomic E-state index is 5.51. The first kappa shape index (κ1) is 11.7. The lowest BCUT2D eigenvalue weighted by Gasteiger charge is -2.27. The molecule has 2 nitrogen and oxygen atoms in total. The smallest absolute Gasteiger partial charge is 0.122 e. The molecule has 0 aliphatic carbocycles. The number of ether oxygens (including phenoxy) is 1. The summed E-state index contributed by atoms with van der Waals surface area (Å²) in [6.07, 6.45) is 1.10. The molecular formula is C11H19NOS. The molecule has 14 heavy (non-hydrogen) atoms. The van der Waals surface area contributed by atoms with Crippen molar-refractivity contribution in [3.05, 3.63) is 16.1 Å². The number of rotatable bonds is 3. The SMILES string of the molecule is CCc1csc(C(OC)C(C)(C)C)n1. The van der Waals surface area contributed by atoms with Crippen molar-refractivity contribution in [3.63, 3.8) is 0 Å². The maximum atomic E-state index is 5.51. The van der Waals surface area contributed by atoms with Gasteiger partial charge in [-0.2, -0.15) is 0 Å². The van der Waals surface area contributed by atoms with Gasteiger partial charge in [-0.1, -0.05) is 27.7 Å². The fourth-order valence-electron chi connectivity index (χ4n) is 1.43. The summed E-state index contributed by atoms with van der Waals surface area (Å²) < 4.78 is 5.51. The van der Waals surface area contributed by atoms with Gasteiger partial charge in [-0.3, -0.25) is 0 Å². The second-order valence-corrected chi connectivity index (χ2v) is 5.40. The molecule has 0 fully saturated rings. The van der Waals surface area contributed by atoms with E-state index in [0.717, 1.165) is 17.1 Å². The Balaban J connectivity index is 2.90. The number of aromatic nitrogens is 1. The van der Waals surface area contributed by atoms with E-state index in [2.05, 4.69) is 38.1 Å². The van der Waals surface area contributed by atoms with Crippen molar-refractivity contribution in [1.29, 1.82) is 0 Å². The third-order valence-electron chi connectivity index (χ3n) is 2.18. The van der Waals surface area contributed by atoms with Crippen LogP contribution in [0, 0.1) is 5.41 Å². The predicted octanol–water partition coefficient (Wildman–Crippen LogP) is 3.44. The van der Waals surface area contributed by atoms with Crippen LogP contribution in [0.5, 0.6) is 0 Å². The van der Waals surface area contributed by atoms with Crippen LogP contribution in [0.4, 0.5) is 0 Å². The van der Waals surface area contributed by atoms with E-state index in [1.807, 2.05) is 0 Å². The number of aryl methyl sites for hydroxylation is 1. The van der Waals surface area contributed by atoms with Crippen LogP contribution in [-0.4, -0.2) is 12.1 Å². The number of hydrogen-bond donors (Lipinski definition) is 0. The van der Waals surface area contributed by atoms with E-state index in [1.165, 1.54) is 0 Å². The highest BCUT2D eigenvalue weighted by atomic mass is 32.1. The fourth-order valence-corrected chi connectivity index (χ4v) is 2.65. The average molecular weight is 213 g/mol. The number of hydrogen-bond acceptors (Lipinski definition) is 3. The predicted molar refractivity (Wildman–Crippen MR) is 60.7 cm³/mol. The molecule has 0 aliphatic heterocycles. The van der Waals surface area contributed by atoms with Crippen LogP contribution >= 0.6 is 11.3 Å². The lowest BCUT2D eigenvalue weighted by Crippen LogP contribution is -2.19. The molecule has 0 N–H and O–H groups in total. The molecule has 0 saturated carbocycles. The molecule has 0 aliphatic rings. The first-order valence-electron chi connectivity index (χ1n) is 4.96. The summed E-state index contributed by atoms with van der Waals surface area (Å²) in [5, 5.41) is 3.21. The summed E-state index contributed by atoms with van der Waals surface area (Å²) in [5.74, 6) is 0. The summed E-state index contributed by atoms with van der Waals surface area (Å²) >= 11 is 1.70. The van der Waals surface area contributed by atoms with Gasteiger partial charge in [-0.15, -0.1) is 11.3 Å². The van der Waals surface area contributed by atoms with Crippen molar-refractivity contribution in [2.75, 3.05) is 7.11 Å². The van der Waals surface area contributed by atoms with Gasteiger partial charge in [-0.25, -0.2) is 4.98 Å². The Morgan fingerprint density at radius 2 is 2.14 bits per heavy atom. The second kappa shape index (κ2) is 4.41. The molecule has 1 heterocycles. The van der Waals surface area contributed by atoms with Gasteiger partial charge in [0.15, 0.2) is 0 Å². The first-order valence-corrected chi connectivity index (χ1v) is 5.84. The van der Waals surface area contributed by atoms with E-state index in [1.54, 1.807) is 18.4 Å². The molecule has 80 valence electrons. The van der Waals surface area contributed by atoms with Crippen molar-refractivity contribution < 1.29 is 4.74 Å². The zero-order valence-electron chi connectivity index (χ0n) is 9.63. The van der Waals surface area contributed by atoms with Gasteiger partial charge in [-0.05, 0) is 11.8 Å². The largest absolute Gasteiger partial charge is 0.374 e. The normalized spacial score (nSPS) is 14.4. The standard InChI is InChI=1S/C11H19NOS/c1-6-8-7-14-10(12-8)9(13-5)11(2,3)4/h7,9H,6H2,1-5H3. The zero-order valence-corrected chi connectivity index (χ0v) is 10.4. The molecule has 0 amide bonds. The van der Waals surface area contributed by atoms with Gasteiger partial charge in [0.2, 0.25) is 0 Å². The van der Waals surface area contributed by atoms with Crippen molar-refractivity contribution in [2.24, 2.45) is 5.41 Å². The third-order valence-corrected chi connectivity index (χ3v) is 3.12. The summed E-state index contributed by atoms with van der Waals surface area (Å²) in [6.45, 7) is 8.65. The number of thiazole rings is 1. The lowest BCUT2D eigenvalue weighted by molar-refractivity contribution is 0.0150. The average Bonchev–Trinajstić information content (AvgIpc) is 2.51. The summed E-state index contributed by atoms with van der Waals surface area (Å²) in [4.78, 5) is 4.56. The molecule has 0 spiro atoms. The van der Waals surface area contributed by atoms with Gasteiger partial charge in [0.25, 0.3) is 0 Å². The first-order chi connectivity index (χ1) is 6.49. The van der Waals surface area contributed by atoms with E-state index >= 15 is 0 Å². The van der Waals surface area contributed by atoms with Crippen LogP contribution in [0.2, 0.25) is 0 Å². The third kappa shape index (κ3) is 2.55. The van der Waals surface area contributed by atoms with Gasteiger partial charge >= 0.3 is 0 Å². The van der Waals surface area contributed by atoms with Crippen molar-refractivity contribution in [2.45, 2.75) is 40.2 Å². The highest BCUT2D eigenvalue weighted by Gasteiger charge is 2.28. The Bertz CT molecular complexity index is 288. The van der Waals surface area contributed by atoms with Crippen molar-refractivity contribution in [3.8, 4) is 0 Å². The Morgan fingerprint density at radius 1 is 1.50 bits per heavy atom. The Morgan fingerprint density at radius 3 is 2.50 bits per heavy atom. The van der Waals surface area contributed by atoms with Gasteiger partial charge in [0.05, 0.1) is 5.69 Å². The quantitative estimate of drug-likeness (QED) is 0.767. The van der Waals surface area contributed by atoms with E-state index in [9.17, 15) is 0 Å². The molecule has 0 radical (unpaired) electrons. The van der Waals surface area contributed by atoms with Crippen molar-refractivity contribution >= 4 is 11.3 Å². The molecule has 1 atom stereocenters. The minimum absolute atomic E-state index is 0.104. The molecule has 1 rings (SSSR count). The molecule has 3 heteroatoms. The van der Waals surface area contributed by atoms with E-state index in [-0.39, 0.29) is 11.5 Å². The van der Waals surface area contributed by atoms with Crippen LogP contribution in [0.3, 0.4) is 0 Å². The summed E-state index contributed by atoms with van der Waals surface area (Å²) in [6, 6.07) is 0. The van der Waals surface area contributed by atoms with E-state index < -0.39 is 0 Å². The molecule has 0 saturated heterocycles. The Labute approximate surface area is 90.3 Å². The molecular weight excluding hydrogens is 194 g/mol. The minimum atomic E-state index is 0.104. The Hall–Kier alpha value is -0.410. The summed E-state index contributed by atoms with van der Waals surface area (Å²) in [7, 11) is 1.75. The van der Waals surface area contributed by atoms with Crippen LogP contribution in [0.15, 0.2) is 5.38 Å². The van der Waals surface area contributed by atoms with E-state index in [0.29, 0.717) is 0 Å². The molecule has 1 aromatic heterocycles. The summed E-state index contributed by atoms with van der Waals surface area (Å²) in [5.41, 5.74) is 1.27. The van der Waals surface area contributed by atoms with Crippen LogP contribution in [-0.2, 0) is 11.2 Å². The van der Waals surface area contributed by atoms with Gasteiger partial charge < -0.3 is 4.74 Å². The van der Waals surface area contributed by atoms with Crippen LogP contribution < -0.4 is 0 Å². The van der Waals surface area contributed by atoms with Crippen molar-refractivity contribution in [1.82, 2.24) is 4.98 Å². The fraction of sp³-hybridized carbons (Fsp3) is 0.727. The van der Waals surface area contributed by atoms with Gasteiger partial charge in [0.1, 0.15) is 11.1 Å². The molecule has 1 unspecified atom stereocenters. The maximum Gasteiger partial charge on any atom is 0.122 e. The van der Waals surface area contributed by atoms with E-state index in [4.69, 9.17) is 4.74 Å². The second-order valence-electron chi connectivity index (χ2n) is 4.51. The zero-order chi connectivity index (χ0) is 10.8. The lowest BCUT2D eigenvalue weighted by atomic mass is 9.89. The van der Waals surface area contributed by atoms with Crippen LogP contribution in [0.25, 0.3) is 0 Å². The number of nitrogens with zero attached hydrogens (tertiary/aromatic N) is 1. The molecule has 0 aromatic carbocycles. The number of methoxy groups -OCH3 is 1.